The van der Waals surface area contributed by atoms with Crippen molar-refractivity contribution >= 4 is 6.16 Å². The third-order valence-electron chi connectivity index (χ3n) is 14.0. The zero-order valence-corrected chi connectivity index (χ0v) is 42.7. The van der Waals surface area contributed by atoms with Crippen LogP contribution < -0.4 is 0 Å². The molecule has 0 fully saturated rings. The molecule has 0 N–H and O–H groups in total. The first-order valence-corrected chi connectivity index (χ1v) is 28.4. The number of carbonyl (C=O) groups excluding carboxylic acids is 1. The Morgan fingerprint density at radius 2 is 0.367 bits per heavy atom. The fourth-order valence-corrected chi connectivity index (χ4v) is 9.86. The maximum Gasteiger partial charge on any atom is 0.509 e. The summed E-state index contributed by atoms with van der Waals surface area (Å²) >= 11 is 0. The lowest BCUT2D eigenvalue weighted by molar-refractivity contribution is -0.101. The minimum atomic E-state index is -0.378. The topological polar surface area (TPSA) is 35.5 Å². The highest BCUT2D eigenvalue weighted by Crippen LogP contribution is 2.38. The first-order chi connectivity index (χ1) is 29.5. The van der Waals surface area contributed by atoms with Crippen LogP contribution in [0.1, 0.15) is 350 Å². The van der Waals surface area contributed by atoms with E-state index in [9.17, 15) is 4.79 Å². The van der Waals surface area contributed by atoms with Crippen molar-refractivity contribution in [2.24, 2.45) is 0 Å². The number of hydrogen-bond acceptors (Lipinski definition) is 3. The lowest BCUT2D eigenvalue weighted by Crippen LogP contribution is -2.41. The maximum absolute atomic E-state index is 14.7. The van der Waals surface area contributed by atoms with E-state index < -0.39 is 0 Å². The van der Waals surface area contributed by atoms with Crippen molar-refractivity contribution in [3.8, 4) is 0 Å². The van der Waals surface area contributed by atoms with Gasteiger partial charge in [-0.1, -0.05) is 273 Å². The molecule has 0 unspecified atom stereocenters. The van der Waals surface area contributed by atoms with E-state index in [1.54, 1.807) is 0 Å². The van der Waals surface area contributed by atoms with Crippen LogP contribution in [-0.4, -0.2) is 17.4 Å². The van der Waals surface area contributed by atoms with Crippen LogP contribution >= 0.6 is 0 Å². The fraction of sp³-hybridized carbons (Fsp3) is 0.982. The highest BCUT2D eigenvalue weighted by Gasteiger charge is 2.39. The van der Waals surface area contributed by atoms with E-state index in [1.807, 2.05) is 0 Å². The average Bonchev–Trinajstić information content (AvgIpc) is 3.24. The molecule has 0 atom stereocenters. The van der Waals surface area contributed by atoms with Crippen LogP contribution in [-0.2, 0) is 9.47 Å². The van der Waals surface area contributed by atoms with Crippen molar-refractivity contribution in [2.75, 3.05) is 0 Å². The van der Waals surface area contributed by atoms with Crippen molar-refractivity contribution in [3.63, 3.8) is 0 Å². The van der Waals surface area contributed by atoms with Gasteiger partial charge in [-0.3, -0.25) is 0 Å². The van der Waals surface area contributed by atoms with Gasteiger partial charge in [0, 0.05) is 0 Å². The van der Waals surface area contributed by atoms with Crippen LogP contribution in [0.15, 0.2) is 0 Å². The number of ether oxygens (including phenoxy) is 2. The summed E-state index contributed by atoms with van der Waals surface area (Å²) in [7, 11) is 0. The van der Waals surface area contributed by atoms with Crippen LogP contribution in [0, 0.1) is 0 Å². The molecule has 0 rings (SSSR count). The molecule has 0 radical (unpaired) electrons. The van der Waals surface area contributed by atoms with Gasteiger partial charge in [-0.05, 0) is 77.0 Å². The second kappa shape index (κ2) is 46.3. The Labute approximate surface area is 380 Å². The van der Waals surface area contributed by atoms with E-state index in [4.69, 9.17) is 9.47 Å². The van der Waals surface area contributed by atoms with E-state index in [2.05, 4.69) is 41.5 Å². The summed E-state index contributed by atoms with van der Waals surface area (Å²) in [6.07, 6.45) is 60.4. The normalized spacial score (nSPS) is 12.1. The van der Waals surface area contributed by atoms with Gasteiger partial charge in [0.1, 0.15) is 11.2 Å². The largest absolute Gasteiger partial charge is 0.509 e. The molecule has 0 aromatic carbocycles. The number of rotatable bonds is 50. The Kier molecular flexibility index (Phi) is 45.7. The van der Waals surface area contributed by atoms with E-state index in [-0.39, 0.29) is 17.4 Å². The van der Waals surface area contributed by atoms with Gasteiger partial charge in [0.05, 0.1) is 0 Å². The molecular formula is C57H114O3. The second-order valence-corrected chi connectivity index (χ2v) is 20.0. The van der Waals surface area contributed by atoms with Gasteiger partial charge in [0.15, 0.2) is 0 Å². The third kappa shape index (κ3) is 37.8. The van der Waals surface area contributed by atoms with Crippen LogP contribution in [0.5, 0.6) is 0 Å². The standard InChI is InChI=1S/C57H114O3/c1-7-13-19-25-31-37-43-49-56(50-44-38-32-26-20-14-8-2,51-45-39-33-27-21-15-9-3)59-55(58)60-57(52-46-40-34-28-22-16-10-4,53-47-41-35-29-23-17-11-5)54-48-42-36-30-24-18-12-6/h7-54H2,1-6H3. The van der Waals surface area contributed by atoms with E-state index in [0.717, 1.165) is 38.5 Å². The predicted octanol–water partition coefficient (Wildman–Crippen LogP) is 21.5. The molecule has 0 amide bonds. The quantitative estimate of drug-likeness (QED) is 0.0452. The fourth-order valence-electron chi connectivity index (χ4n) is 9.86. The van der Waals surface area contributed by atoms with Crippen molar-refractivity contribution < 1.29 is 14.3 Å². The molecule has 3 heteroatoms. The molecule has 0 heterocycles. The van der Waals surface area contributed by atoms with E-state index in [0.29, 0.717) is 0 Å². The lowest BCUT2D eigenvalue weighted by atomic mass is 9.84. The molecule has 360 valence electrons. The molecule has 0 aromatic heterocycles. The number of carbonyl (C=O) groups is 1. The molecule has 0 aliphatic carbocycles. The molecule has 0 saturated heterocycles. The van der Waals surface area contributed by atoms with E-state index >= 15 is 0 Å². The highest BCUT2D eigenvalue weighted by molar-refractivity contribution is 5.61. The zero-order valence-electron chi connectivity index (χ0n) is 42.7. The van der Waals surface area contributed by atoms with Crippen molar-refractivity contribution in [1.29, 1.82) is 0 Å². The van der Waals surface area contributed by atoms with Gasteiger partial charge < -0.3 is 9.47 Å². The molecule has 0 saturated carbocycles. The van der Waals surface area contributed by atoms with Gasteiger partial charge in [0.25, 0.3) is 0 Å². The first-order valence-electron chi connectivity index (χ1n) is 28.4. The second-order valence-electron chi connectivity index (χ2n) is 20.0. The van der Waals surface area contributed by atoms with Crippen LogP contribution in [0.3, 0.4) is 0 Å². The molecule has 0 spiro atoms. The average molecular weight is 848 g/mol. The maximum atomic E-state index is 14.7. The Balaban J connectivity index is 6.31. The Morgan fingerprint density at radius 3 is 0.517 bits per heavy atom. The van der Waals surface area contributed by atoms with E-state index in [1.165, 1.54) is 270 Å². The number of hydrogen-bond donors (Lipinski definition) is 0. The minimum absolute atomic E-state index is 0.308. The Hall–Kier alpha value is -0.730. The molecular weight excluding hydrogens is 733 g/mol. The minimum Gasteiger partial charge on any atom is -0.428 e. The summed E-state index contributed by atoms with van der Waals surface area (Å²) in [4.78, 5) is 14.7. The summed E-state index contributed by atoms with van der Waals surface area (Å²) in [6, 6.07) is 0. The molecule has 0 aliphatic rings. The van der Waals surface area contributed by atoms with Crippen LogP contribution in [0.2, 0.25) is 0 Å². The molecule has 3 nitrogen and oxygen atoms in total. The van der Waals surface area contributed by atoms with Crippen molar-refractivity contribution in [2.45, 2.75) is 361 Å². The molecule has 0 bridgehead atoms. The van der Waals surface area contributed by atoms with Gasteiger partial charge in [0.2, 0.25) is 0 Å². The van der Waals surface area contributed by atoms with Gasteiger partial charge in [-0.15, -0.1) is 0 Å². The van der Waals surface area contributed by atoms with Crippen LogP contribution in [0.25, 0.3) is 0 Å². The van der Waals surface area contributed by atoms with Crippen LogP contribution in [0.4, 0.5) is 4.79 Å². The molecule has 0 aliphatic heterocycles. The predicted molar refractivity (Wildman–Crippen MR) is 269 cm³/mol. The summed E-state index contributed by atoms with van der Waals surface area (Å²) in [5.74, 6) is 0. The highest BCUT2D eigenvalue weighted by atomic mass is 16.7. The smallest absolute Gasteiger partial charge is 0.428 e. The van der Waals surface area contributed by atoms with Crippen molar-refractivity contribution in [1.82, 2.24) is 0 Å². The summed E-state index contributed by atoms with van der Waals surface area (Å²) < 4.78 is 14.0. The zero-order chi connectivity index (χ0) is 43.9. The van der Waals surface area contributed by atoms with Gasteiger partial charge in [-0.2, -0.15) is 0 Å². The molecule has 60 heavy (non-hydrogen) atoms. The monoisotopic (exact) mass is 847 g/mol. The summed E-state index contributed by atoms with van der Waals surface area (Å²) in [5, 5.41) is 0. The first kappa shape index (κ1) is 59.3. The summed E-state index contributed by atoms with van der Waals surface area (Å²) in [6.45, 7) is 13.9. The van der Waals surface area contributed by atoms with Crippen molar-refractivity contribution in [3.05, 3.63) is 0 Å². The Morgan fingerprint density at radius 1 is 0.233 bits per heavy atom. The number of unbranched alkanes of at least 4 members (excludes halogenated alkanes) is 36. The third-order valence-corrected chi connectivity index (χ3v) is 14.0. The Bertz CT molecular complexity index is 680. The van der Waals surface area contributed by atoms with Gasteiger partial charge >= 0.3 is 6.16 Å². The molecule has 0 aromatic rings. The lowest BCUT2D eigenvalue weighted by Gasteiger charge is -2.38. The SMILES string of the molecule is CCCCCCCCCC(CCCCCCCCC)(CCCCCCCCC)OC(=O)OC(CCCCCCCCC)(CCCCCCCCC)CCCCCCCCC. The van der Waals surface area contributed by atoms with Gasteiger partial charge in [-0.25, -0.2) is 4.79 Å². The summed E-state index contributed by atoms with van der Waals surface area (Å²) in [5.41, 5.74) is -0.756.